The minimum absolute atomic E-state index is 0.0732. The van der Waals surface area contributed by atoms with Crippen LogP contribution in [0.5, 0.6) is 5.75 Å². The summed E-state index contributed by atoms with van der Waals surface area (Å²) in [5, 5.41) is 6.99. The second-order valence-electron chi connectivity index (χ2n) is 7.17. The molecule has 2 heterocycles. The summed E-state index contributed by atoms with van der Waals surface area (Å²) in [4.78, 5) is 14.5. The molecule has 140 valence electrons. The molecule has 1 saturated heterocycles. The van der Waals surface area contributed by atoms with Gasteiger partial charge in [0.1, 0.15) is 5.75 Å². The van der Waals surface area contributed by atoms with Gasteiger partial charge < -0.3 is 14.6 Å². The van der Waals surface area contributed by atoms with Gasteiger partial charge in [-0.05, 0) is 50.9 Å². The summed E-state index contributed by atoms with van der Waals surface area (Å²) in [6.45, 7) is 6.70. The van der Waals surface area contributed by atoms with Crippen LogP contribution in [0.2, 0.25) is 0 Å². The molecule has 1 N–H and O–H groups in total. The highest BCUT2D eigenvalue weighted by Gasteiger charge is 2.25. The van der Waals surface area contributed by atoms with Gasteiger partial charge in [-0.3, -0.25) is 9.69 Å². The number of ether oxygens (including phenoxy) is 1. The fourth-order valence-electron chi connectivity index (χ4n) is 3.39. The standard InChI is InChI=1S/C20H27N3O3/c1-14(2)21-20(24)19-11-18(22-26-19)16-7-5-9-23(13-16)12-15-6-4-8-17(10-15)25-3/h4,6,8,10-11,14,16H,5,7,9,12-13H2,1-3H3,(H,21,24)/t16-/m0/s1. The lowest BCUT2D eigenvalue weighted by molar-refractivity contribution is 0.0905. The molecular formula is C20H27N3O3. The molecule has 0 saturated carbocycles. The zero-order chi connectivity index (χ0) is 18.5. The number of carbonyl (C=O) groups is 1. The molecule has 1 amide bonds. The molecule has 0 bridgehead atoms. The Hall–Kier alpha value is -2.34. The zero-order valence-corrected chi connectivity index (χ0v) is 15.7. The van der Waals surface area contributed by atoms with Crippen molar-refractivity contribution in [1.82, 2.24) is 15.4 Å². The van der Waals surface area contributed by atoms with E-state index in [1.807, 2.05) is 26.0 Å². The van der Waals surface area contributed by atoms with Crippen molar-refractivity contribution in [1.29, 1.82) is 0 Å². The lowest BCUT2D eigenvalue weighted by Crippen LogP contribution is -2.34. The van der Waals surface area contributed by atoms with Crippen molar-refractivity contribution in [3.05, 3.63) is 47.3 Å². The predicted molar refractivity (Wildman–Crippen MR) is 99.4 cm³/mol. The normalized spacial score (nSPS) is 18.1. The van der Waals surface area contributed by atoms with Crippen LogP contribution in [0.1, 0.15) is 54.4 Å². The van der Waals surface area contributed by atoms with Gasteiger partial charge in [-0.25, -0.2) is 0 Å². The molecule has 1 aliphatic rings. The molecule has 2 aromatic rings. The van der Waals surface area contributed by atoms with E-state index in [0.717, 1.165) is 43.9 Å². The minimum atomic E-state index is -0.206. The van der Waals surface area contributed by atoms with Crippen molar-refractivity contribution in [2.24, 2.45) is 0 Å². The fourth-order valence-corrected chi connectivity index (χ4v) is 3.39. The van der Waals surface area contributed by atoms with Gasteiger partial charge in [0, 0.05) is 31.1 Å². The Labute approximate surface area is 154 Å². The number of rotatable bonds is 6. The number of hydrogen-bond acceptors (Lipinski definition) is 5. The van der Waals surface area contributed by atoms with E-state index in [2.05, 4.69) is 27.5 Å². The van der Waals surface area contributed by atoms with Crippen molar-refractivity contribution < 1.29 is 14.1 Å². The molecular weight excluding hydrogens is 330 g/mol. The molecule has 6 nitrogen and oxygen atoms in total. The number of amides is 1. The Morgan fingerprint density at radius 2 is 2.27 bits per heavy atom. The molecule has 6 heteroatoms. The number of nitrogens with zero attached hydrogens (tertiary/aromatic N) is 2. The molecule has 3 rings (SSSR count). The molecule has 0 unspecified atom stereocenters. The van der Waals surface area contributed by atoms with Gasteiger partial charge in [-0.1, -0.05) is 17.3 Å². The van der Waals surface area contributed by atoms with E-state index < -0.39 is 0 Å². The maximum Gasteiger partial charge on any atom is 0.290 e. The number of methoxy groups -OCH3 is 1. The van der Waals surface area contributed by atoms with Crippen molar-refractivity contribution >= 4 is 5.91 Å². The maximum absolute atomic E-state index is 12.0. The van der Waals surface area contributed by atoms with E-state index in [9.17, 15) is 4.79 Å². The molecule has 0 radical (unpaired) electrons. The second-order valence-corrected chi connectivity index (χ2v) is 7.17. The second kappa shape index (κ2) is 8.36. The quantitative estimate of drug-likeness (QED) is 0.860. The first-order chi connectivity index (χ1) is 12.5. The van der Waals surface area contributed by atoms with Gasteiger partial charge in [0.2, 0.25) is 5.76 Å². The van der Waals surface area contributed by atoms with Crippen molar-refractivity contribution in [2.45, 2.75) is 45.2 Å². The highest BCUT2D eigenvalue weighted by molar-refractivity contribution is 5.91. The summed E-state index contributed by atoms with van der Waals surface area (Å²) < 4.78 is 10.6. The highest BCUT2D eigenvalue weighted by Crippen LogP contribution is 2.28. The summed E-state index contributed by atoms with van der Waals surface area (Å²) >= 11 is 0. The molecule has 26 heavy (non-hydrogen) atoms. The Morgan fingerprint density at radius 1 is 1.42 bits per heavy atom. The topological polar surface area (TPSA) is 67.6 Å². The van der Waals surface area contributed by atoms with Crippen LogP contribution in [0.15, 0.2) is 34.9 Å². The SMILES string of the molecule is COc1cccc(CN2CCC[C@H](c3cc(C(=O)NC(C)C)on3)C2)c1. The number of likely N-dealkylation sites (tertiary alicyclic amines) is 1. The number of benzene rings is 1. The minimum Gasteiger partial charge on any atom is -0.497 e. The van der Waals surface area contributed by atoms with E-state index in [0.29, 0.717) is 11.7 Å². The zero-order valence-electron chi connectivity index (χ0n) is 15.7. The first kappa shape index (κ1) is 18.5. The Morgan fingerprint density at radius 3 is 3.04 bits per heavy atom. The van der Waals surface area contributed by atoms with Crippen LogP contribution in [-0.2, 0) is 6.54 Å². The van der Waals surface area contributed by atoms with Crippen LogP contribution in [0.25, 0.3) is 0 Å². The summed E-state index contributed by atoms with van der Waals surface area (Å²) in [7, 11) is 1.69. The van der Waals surface area contributed by atoms with Crippen LogP contribution in [0.4, 0.5) is 0 Å². The number of aromatic nitrogens is 1. The van der Waals surface area contributed by atoms with E-state index in [1.54, 1.807) is 13.2 Å². The smallest absolute Gasteiger partial charge is 0.290 e. The van der Waals surface area contributed by atoms with Gasteiger partial charge in [0.05, 0.1) is 12.8 Å². The van der Waals surface area contributed by atoms with Crippen molar-refractivity contribution in [2.75, 3.05) is 20.2 Å². The van der Waals surface area contributed by atoms with Crippen molar-refractivity contribution in [3.63, 3.8) is 0 Å². The maximum atomic E-state index is 12.0. The molecule has 0 aliphatic carbocycles. The Balaban J connectivity index is 1.63. The monoisotopic (exact) mass is 357 g/mol. The van der Waals surface area contributed by atoms with E-state index in [1.165, 1.54) is 5.56 Å². The van der Waals surface area contributed by atoms with Crippen molar-refractivity contribution in [3.8, 4) is 5.75 Å². The van der Waals surface area contributed by atoms with Crippen LogP contribution in [0, 0.1) is 0 Å². The predicted octanol–water partition coefficient (Wildman–Crippen LogP) is 3.20. The third-order valence-corrected chi connectivity index (χ3v) is 4.64. The van der Waals surface area contributed by atoms with Crippen LogP contribution >= 0.6 is 0 Å². The Bertz CT molecular complexity index is 741. The van der Waals surface area contributed by atoms with E-state index in [4.69, 9.17) is 9.26 Å². The number of carbonyl (C=O) groups excluding carboxylic acids is 1. The van der Waals surface area contributed by atoms with E-state index >= 15 is 0 Å². The lowest BCUT2D eigenvalue weighted by Gasteiger charge is -2.31. The lowest BCUT2D eigenvalue weighted by atomic mass is 9.94. The van der Waals surface area contributed by atoms with E-state index in [-0.39, 0.29) is 11.9 Å². The number of piperidine rings is 1. The fraction of sp³-hybridized carbons (Fsp3) is 0.500. The molecule has 1 aromatic carbocycles. The van der Waals surface area contributed by atoms with Crippen LogP contribution < -0.4 is 10.1 Å². The highest BCUT2D eigenvalue weighted by atomic mass is 16.5. The molecule has 1 atom stereocenters. The summed E-state index contributed by atoms with van der Waals surface area (Å²) in [6, 6.07) is 10.0. The van der Waals surface area contributed by atoms with Gasteiger partial charge in [0.25, 0.3) is 5.91 Å². The molecule has 1 aromatic heterocycles. The van der Waals surface area contributed by atoms with Crippen LogP contribution in [0.3, 0.4) is 0 Å². The first-order valence-corrected chi connectivity index (χ1v) is 9.18. The molecule has 1 fully saturated rings. The molecule has 1 aliphatic heterocycles. The average Bonchev–Trinajstić information content (AvgIpc) is 3.12. The van der Waals surface area contributed by atoms with Gasteiger partial charge >= 0.3 is 0 Å². The average molecular weight is 357 g/mol. The van der Waals surface area contributed by atoms with Gasteiger partial charge in [-0.2, -0.15) is 0 Å². The third kappa shape index (κ3) is 4.64. The summed E-state index contributed by atoms with van der Waals surface area (Å²) in [5.41, 5.74) is 2.11. The van der Waals surface area contributed by atoms with Crippen LogP contribution in [-0.4, -0.2) is 42.2 Å². The first-order valence-electron chi connectivity index (χ1n) is 9.18. The summed E-state index contributed by atoms with van der Waals surface area (Å²) in [6.07, 6.45) is 2.17. The number of nitrogens with one attached hydrogen (secondary N) is 1. The largest absolute Gasteiger partial charge is 0.497 e. The Kier molecular flexibility index (Phi) is 5.93. The third-order valence-electron chi connectivity index (χ3n) is 4.64. The number of hydrogen-bond donors (Lipinski definition) is 1. The van der Waals surface area contributed by atoms with Gasteiger partial charge in [0.15, 0.2) is 0 Å². The molecule has 0 spiro atoms. The summed E-state index contributed by atoms with van der Waals surface area (Å²) in [5.74, 6) is 1.26. The van der Waals surface area contributed by atoms with Gasteiger partial charge in [-0.15, -0.1) is 0 Å².